The summed E-state index contributed by atoms with van der Waals surface area (Å²) in [6, 6.07) is 6.21. The smallest absolute Gasteiger partial charge is 0.329 e. The summed E-state index contributed by atoms with van der Waals surface area (Å²) < 4.78 is 9.92. The van der Waals surface area contributed by atoms with E-state index in [0.29, 0.717) is 5.75 Å². The van der Waals surface area contributed by atoms with Gasteiger partial charge in [-0.2, -0.15) is 0 Å². The first-order valence-electron chi connectivity index (χ1n) is 5.77. The molecule has 2 rings (SSSR count). The van der Waals surface area contributed by atoms with Crippen LogP contribution in [0.2, 0.25) is 0 Å². The molecule has 0 saturated carbocycles. The van der Waals surface area contributed by atoms with Gasteiger partial charge in [0, 0.05) is 13.7 Å². The number of aliphatic carboxylic acids is 1. The summed E-state index contributed by atoms with van der Waals surface area (Å²) >= 11 is 0. The second-order valence-electron chi connectivity index (χ2n) is 4.25. The van der Waals surface area contributed by atoms with Gasteiger partial charge in [-0.15, -0.1) is 0 Å². The average Bonchev–Trinajstić information content (AvgIpc) is 2.41. The Hall–Kier alpha value is -2.08. The fourth-order valence-corrected chi connectivity index (χ4v) is 2.11. The number of carbonyl (C=O) groups is 2. The zero-order chi connectivity index (χ0) is 14.0. The SMILES string of the molecule is COc1ccc(CN2C(=O)[C@@H](OC)[C@@H]2C(=O)O)cc1. The van der Waals surface area contributed by atoms with Crippen molar-refractivity contribution in [3.8, 4) is 5.75 Å². The van der Waals surface area contributed by atoms with Crippen LogP contribution in [0.1, 0.15) is 5.56 Å². The molecular weight excluding hydrogens is 250 g/mol. The lowest BCUT2D eigenvalue weighted by atomic mass is 9.97. The van der Waals surface area contributed by atoms with E-state index in [4.69, 9.17) is 14.6 Å². The number of methoxy groups -OCH3 is 2. The molecule has 2 atom stereocenters. The lowest BCUT2D eigenvalue weighted by Crippen LogP contribution is -2.67. The van der Waals surface area contributed by atoms with Gasteiger partial charge in [0.1, 0.15) is 5.75 Å². The van der Waals surface area contributed by atoms with E-state index in [1.807, 2.05) is 0 Å². The van der Waals surface area contributed by atoms with Crippen LogP contribution in [0.25, 0.3) is 0 Å². The maximum atomic E-state index is 11.7. The highest BCUT2D eigenvalue weighted by Gasteiger charge is 2.52. The minimum absolute atomic E-state index is 0.250. The number of benzene rings is 1. The van der Waals surface area contributed by atoms with Crippen LogP contribution < -0.4 is 4.74 Å². The quantitative estimate of drug-likeness (QED) is 0.785. The van der Waals surface area contributed by atoms with Crippen LogP contribution in [0.3, 0.4) is 0 Å². The van der Waals surface area contributed by atoms with Gasteiger partial charge in [-0.25, -0.2) is 4.79 Å². The number of hydrogen-bond acceptors (Lipinski definition) is 4. The standard InChI is InChI=1S/C13H15NO5/c1-18-9-5-3-8(4-6-9)7-14-10(13(16)17)11(19-2)12(14)15/h3-6,10-11H,7H2,1-2H3,(H,16,17)/t10-,11+/m1/s1. The molecule has 0 unspecified atom stereocenters. The molecule has 1 aliphatic heterocycles. The number of rotatable bonds is 5. The molecule has 1 amide bonds. The van der Waals surface area contributed by atoms with Crippen molar-refractivity contribution in [1.29, 1.82) is 0 Å². The topological polar surface area (TPSA) is 76.1 Å². The number of carbonyl (C=O) groups excluding carboxylic acids is 1. The molecule has 0 radical (unpaired) electrons. The minimum Gasteiger partial charge on any atom is -0.497 e. The number of β-lactam (4-membered cyclic amide) rings is 1. The van der Waals surface area contributed by atoms with Crippen molar-refractivity contribution < 1.29 is 24.2 Å². The van der Waals surface area contributed by atoms with Crippen molar-refractivity contribution in [2.24, 2.45) is 0 Å². The number of amides is 1. The van der Waals surface area contributed by atoms with Crippen molar-refractivity contribution in [2.45, 2.75) is 18.7 Å². The average molecular weight is 265 g/mol. The van der Waals surface area contributed by atoms with Crippen molar-refractivity contribution in [3.63, 3.8) is 0 Å². The van der Waals surface area contributed by atoms with E-state index < -0.39 is 18.1 Å². The minimum atomic E-state index is -1.06. The Morgan fingerprint density at radius 1 is 1.32 bits per heavy atom. The third-order valence-electron chi connectivity index (χ3n) is 3.17. The van der Waals surface area contributed by atoms with Crippen LogP contribution in [0.4, 0.5) is 0 Å². The molecule has 1 aliphatic rings. The third kappa shape index (κ3) is 2.39. The van der Waals surface area contributed by atoms with Gasteiger partial charge in [0.15, 0.2) is 12.1 Å². The second kappa shape index (κ2) is 5.27. The molecule has 1 heterocycles. The lowest BCUT2D eigenvalue weighted by molar-refractivity contribution is -0.183. The van der Waals surface area contributed by atoms with Gasteiger partial charge in [0.2, 0.25) is 0 Å². The van der Waals surface area contributed by atoms with Crippen molar-refractivity contribution in [1.82, 2.24) is 4.90 Å². The van der Waals surface area contributed by atoms with Crippen molar-refractivity contribution in [3.05, 3.63) is 29.8 Å². The van der Waals surface area contributed by atoms with Crippen LogP contribution in [-0.2, 0) is 20.9 Å². The van der Waals surface area contributed by atoms with Gasteiger partial charge in [0.05, 0.1) is 7.11 Å². The molecule has 1 aromatic rings. The first-order chi connectivity index (χ1) is 9.08. The molecule has 0 spiro atoms. The number of nitrogens with zero attached hydrogens (tertiary/aromatic N) is 1. The first-order valence-corrected chi connectivity index (χ1v) is 5.77. The largest absolute Gasteiger partial charge is 0.497 e. The molecule has 0 bridgehead atoms. The van der Waals surface area contributed by atoms with Crippen molar-refractivity contribution in [2.75, 3.05) is 14.2 Å². The Morgan fingerprint density at radius 3 is 2.42 bits per heavy atom. The summed E-state index contributed by atoms with van der Waals surface area (Å²) in [7, 11) is 2.90. The maximum Gasteiger partial charge on any atom is 0.329 e. The number of ether oxygens (including phenoxy) is 2. The molecule has 1 aromatic carbocycles. The molecule has 1 N–H and O–H groups in total. The van der Waals surface area contributed by atoms with Gasteiger partial charge in [-0.3, -0.25) is 4.79 Å². The lowest BCUT2D eigenvalue weighted by Gasteiger charge is -2.43. The molecule has 1 fully saturated rings. The highest BCUT2D eigenvalue weighted by atomic mass is 16.5. The van der Waals surface area contributed by atoms with E-state index in [0.717, 1.165) is 5.56 Å². The highest BCUT2D eigenvalue weighted by Crippen LogP contribution is 2.26. The number of likely N-dealkylation sites (tertiary alicyclic amines) is 1. The monoisotopic (exact) mass is 265 g/mol. The van der Waals surface area contributed by atoms with E-state index in [9.17, 15) is 9.59 Å². The number of carboxylic acids is 1. The number of hydrogen-bond donors (Lipinski definition) is 1. The van der Waals surface area contributed by atoms with Crippen LogP contribution in [-0.4, -0.2) is 48.2 Å². The fourth-order valence-electron chi connectivity index (χ4n) is 2.11. The Bertz CT molecular complexity index is 484. The highest BCUT2D eigenvalue weighted by molar-refractivity contribution is 5.98. The summed E-state index contributed by atoms with van der Waals surface area (Å²) in [4.78, 5) is 24.1. The Balaban J connectivity index is 2.09. The summed E-state index contributed by atoms with van der Waals surface area (Å²) in [6.45, 7) is 0.250. The molecule has 0 aromatic heterocycles. The van der Waals surface area contributed by atoms with Crippen molar-refractivity contribution >= 4 is 11.9 Å². The van der Waals surface area contributed by atoms with E-state index >= 15 is 0 Å². The third-order valence-corrected chi connectivity index (χ3v) is 3.17. The molecule has 19 heavy (non-hydrogen) atoms. The summed E-state index contributed by atoms with van der Waals surface area (Å²) in [5.74, 6) is -0.645. The van der Waals surface area contributed by atoms with Gasteiger partial charge in [-0.1, -0.05) is 12.1 Å². The van der Waals surface area contributed by atoms with E-state index in [2.05, 4.69) is 0 Å². The van der Waals surface area contributed by atoms with Crippen LogP contribution in [0.5, 0.6) is 5.75 Å². The molecular formula is C13H15NO5. The Labute approximate surface area is 110 Å². The Morgan fingerprint density at radius 2 is 1.95 bits per heavy atom. The normalized spacial score (nSPS) is 22.0. The predicted molar refractivity (Wildman–Crippen MR) is 65.8 cm³/mol. The van der Waals surface area contributed by atoms with Gasteiger partial charge in [-0.05, 0) is 17.7 Å². The molecule has 1 saturated heterocycles. The zero-order valence-corrected chi connectivity index (χ0v) is 10.7. The predicted octanol–water partition coefficient (Wildman–Crippen LogP) is 0.506. The van der Waals surface area contributed by atoms with E-state index in [1.165, 1.54) is 12.0 Å². The molecule has 6 nitrogen and oxygen atoms in total. The Kier molecular flexibility index (Phi) is 3.71. The summed E-state index contributed by atoms with van der Waals surface area (Å²) in [5.41, 5.74) is 0.843. The van der Waals surface area contributed by atoms with Gasteiger partial charge >= 0.3 is 5.97 Å². The van der Waals surface area contributed by atoms with Crippen LogP contribution in [0, 0.1) is 0 Å². The summed E-state index contributed by atoms with van der Waals surface area (Å²) in [6.07, 6.45) is -0.879. The van der Waals surface area contributed by atoms with E-state index in [-0.39, 0.29) is 12.5 Å². The molecule has 102 valence electrons. The molecule has 6 heteroatoms. The zero-order valence-electron chi connectivity index (χ0n) is 10.7. The second-order valence-corrected chi connectivity index (χ2v) is 4.25. The summed E-state index contributed by atoms with van der Waals surface area (Å²) in [5, 5.41) is 9.09. The van der Waals surface area contributed by atoms with Crippen LogP contribution >= 0.6 is 0 Å². The van der Waals surface area contributed by atoms with Gasteiger partial charge < -0.3 is 19.5 Å². The first kappa shape index (κ1) is 13.4. The molecule has 0 aliphatic carbocycles. The van der Waals surface area contributed by atoms with E-state index in [1.54, 1.807) is 31.4 Å². The maximum absolute atomic E-state index is 11.7. The fraction of sp³-hybridized carbons (Fsp3) is 0.385. The van der Waals surface area contributed by atoms with Gasteiger partial charge in [0.25, 0.3) is 5.91 Å². The van der Waals surface area contributed by atoms with Crippen LogP contribution in [0.15, 0.2) is 24.3 Å². The number of carboxylic acid groups (broad SMARTS) is 1.